The number of imide groups is 1. The van der Waals surface area contributed by atoms with Crippen molar-refractivity contribution in [2.45, 2.75) is 24.9 Å². The second-order valence-electron chi connectivity index (χ2n) is 10.6. The number of anilines is 2. The molecule has 4 atom stereocenters. The van der Waals surface area contributed by atoms with Gasteiger partial charge in [0.2, 0.25) is 17.7 Å². The van der Waals surface area contributed by atoms with Gasteiger partial charge in [0.15, 0.2) is 23.0 Å². The Morgan fingerprint density at radius 2 is 1.75 bits per heavy atom. The minimum absolute atomic E-state index is 0.201. The Kier molecular flexibility index (Phi) is 5.32. The van der Waals surface area contributed by atoms with Crippen LogP contribution in [0.2, 0.25) is 5.02 Å². The molecule has 204 valence electrons. The zero-order valence-electron chi connectivity index (χ0n) is 21.2. The number of carbonyl (C=O) groups excluding carboxylic acids is 3. The molecule has 4 aliphatic rings. The first-order valence-corrected chi connectivity index (χ1v) is 13.2. The molecule has 3 aromatic carbocycles. The van der Waals surface area contributed by atoms with Crippen molar-refractivity contribution in [1.82, 2.24) is 5.32 Å². The van der Waals surface area contributed by atoms with Gasteiger partial charge >= 0.3 is 0 Å². The van der Waals surface area contributed by atoms with Crippen molar-refractivity contribution in [3.63, 3.8) is 0 Å². The van der Waals surface area contributed by atoms with Crippen LogP contribution in [0.3, 0.4) is 0 Å². The number of aromatic hydroxyl groups is 2. The first-order chi connectivity index (χ1) is 19.2. The Balaban J connectivity index is 1.37. The van der Waals surface area contributed by atoms with Crippen LogP contribution in [0.25, 0.3) is 0 Å². The molecule has 2 unspecified atom stereocenters. The lowest BCUT2D eigenvalue weighted by molar-refractivity contribution is -0.130. The molecule has 4 heterocycles. The van der Waals surface area contributed by atoms with Crippen LogP contribution in [0.4, 0.5) is 11.4 Å². The quantitative estimate of drug-likeness (QED) is 0.283. The Morgan fingerprint density at radius 1 is 0.975 bits per heavy atom. The number of halogens is 1. The maximum Gasteiger partial charge on any atom is 0.250 e. The second-order valence-corrected chi connectivity index (χ2v) is 11.0. The molecule has 0 radical (unpaired) electrons. The largest absolute Gasteiger partial charge is 0.504 e. The number of rotatable bonds is 3. The summed E-state index contributed by atoms with van der Waals surface area (Å²) in [6.45, 7) is 2.58. The molecule has 1 spiro atoms. The molecular weight excluding hydrogens is 538 g/mol. The van der Waals surface area contributed by atoms with Crippen molar-refractivity contribution in [2.24, 2.45) is 11.8 Å². The number of nitrogens with one attached hydrogen (secondary N) is 2. The molecule has 3 aromatic rings. The van der Waals surface area contributed by atoms with Gasteiger partial charge in [0.1, 0.15) is 18.8 Å². The lowest BCUT2D eigenvalue weighted by atomic mass is 9.76. The highest BCUT2D eigenvalue weighted by atomic mass is 35.5. The van der Waals surface area contributed by atoms with Gasteiger partial charge in [0.25, 0.3) is 0 Å². The van der Waals surface area contributed by atoms with Crippen LogP contribution in [0.5, 0.6) is 23.0 Å². The Hall–Kier alpha value is -4.28. The van der Waals surface area contributed by atoms with Gasteiger partial charge in [-0.25, -0.2) is 4.90 Å². The van der Waals surface area contributed by atoms with Crippen molar-refractivity contribution in [3.8, 4) is 23.0 Å². The van der Waals surface area contributed by atoms with E-state index in [1.54, 1.807) is 30.3 Å². The average molecular weight is 562 g/mol. The third-order valence-corrected chi connectivity index (χ3v) is 8.50. The standard InChI is InChI=1S/C29H24ClN3O7/c1-13-8-16-25(17(30)9-13)31-28(38)29(16)24-23(18(32-29)10-14-2-4-19(34)20(35)11-14)26(36)33(27(24)37)15-3-5-21-22(12-15)40-7-6-39-21/h2-5,8-9,11-12,18,23-24,32,34-35H,6-7,10H2,1H3,(H,31,38)/t18?,23-,24+,29?/m1/s1. The number of hydrogen-bond acceptors (Lipinski definition) is 8. The number of amides is 3. The number of carbonyl (C=O) groups is 3. The molecule has 0 bridgehead atoms. The average Bonchev–Trinajstić information content (AvgIpc) is 3.50. The summed E-state index contributed by atoms with van der Waals surface area (Å²) < 4.78 is 11.3. The molecular formula is C29H24ClN3O7. The molecule has 7 rings (SSSR count). The Morgan fingerprint density at radius 3 is 2.52 bits per heavy atom. The maximum atomic E-state index is 14.3. The van der Waals surface area contributed by atoms with E-state index < -0.39 is 41.1 Å². The molecule has 4 N–H and O–H groups in total. The van der Waals surface area contributed by atoms with Gasteiger partial charge in [-0.2, -0.15) is 0 Å². The van der Waals surface area contributed by atoms with E-state index in [1.807, 2.05) is 13.0 Å². The highest BCUT2D eigenvalue weighted by Crippen LogP contribution is 2.55. The zero-order valence-corrected chi connectivity index (χ0v) is 22.0. The molecule has 0 saturated carbocycles. The van der Waals surface area contributed by atoms with Crippen molar-refractivity contribution in [3.05, 3.63) is 70.2 Å². The van der Waals surface area contributed by atoms with Crippen LogP contribution < -0.4 is 25.0 Å². The Labute approximate surface area is 233 Å². The summed E-state index contributed by atoms with van der Waals surface area (Å²) in [5.41, 5.74) is 1.11. The van der Waals surface area contributed by atoms with Crippen LogP contribution in [-0.2, 0) is 26.3 Å². The van der Waals surface area contributed by atoms with E-state index in [1.165, 1.54) is 12.1 Å². The predicted molar refractivity (Wildman–Crippen MR) is 144 cm³/mol. The van der Waals surface area contributed by atoms with E-state index in [4.69, 9.17) is 21.1 Å². The summed E-state index contributed by atoms with van der Waals surface area (Å²) in [4.78, 5) is 43.3. The predicted octanol–water partition coefficient (Wildman–Crippen LogP) is 3.00. The number of phenolic OH excluding ortho intramolecular Hbond substituents is 2. The highest BCUT2D eigenvalue weighted by molar-refractivity contribution is 6.35. The molecule has 0 aliphatic carbocycles. The third kappa shape index (κ3) is 3.36. The van der Waals surface area contributed by atoms with E-state index in [0.717, 1.165) is 10.5 Å². The molecule has 10 nitrogen and oxygen atoms in total. The lowest BCUT2D eigenvalue weighted by Crippen LogP contribution is -2.53. The summed E-state index contributed by atoms with van der Waals surface area (Å²) in [5, 5.41) is 26.4. The fraction of sp³-hybridized carbons (Fsp3) is 0.276. The Bertz CT molecular complexity index is 1640. The number of hydrogen-bond donors (Lipinski definition) is 4. The number of fused-ring (bicyclic) bond motifs is 5. The number of nitrogens with zero attached hydrogens (tertiary/aromatic N) is 1. The number of benzene rings is 3. The van der Waals surface area contributed by atoms with Crippen molar-refractivity contribution >= 4 is 40.7 Å². The first kappa shape index (κ1) is 24.7. The van der Waals surface area contributed by atoms with Crippen LogP contribution in [-0.4, -0.2) is 47.2 Å². The second kappa shape index (κ2) is 8.61. The van der Waals surface area contributed by atoms with Crippen LogP contribution >= 0.6 is 11.6 Å². The highest BCUT2D eigenvalue weighted by Gasteiger charge is 2.70. The van der Waals surface area contributed by atoms with E-state index in [2.05, 4.69) is 10.6 Å². The monoisotopic (exact) mass is 561 g/mol. The van der Waals surface area contributed by atoms with Gasteiger partial charge in [0, 0.05) is 17.7 Å². The molecule has 3 amide bonds. The summed E-state index contributed by atoms with van der Waals surface area (Å²) in [6, 6.07) is 12.1. The zero-order chi connectivity index (χ0) is 27.9. The SMILES string of the molecule is Cc1cc(Cl)c2c(c1)C1(NC(Cc3ccc(O)c(O)c3)[C@H]3C(=O)N(c4ccc5c(c4)OCCO5)C(=O)[C@H]31)C(=O)N2. The maximum absolute atomic E-state index is 14.3. The van der Waals surface area contributed by atoms with E-state index >= 15 is 0 Å². The van der Waals surface area contributed by atoms with Gasteiger partial charge < -0.3 is 25.0 Å². The third-order valence-electron chi connectivity index (χ3n) is 8.20. The topological polar surface area (TPSA) is 137 Å². The first-order valence-electron chi connectivity index (χ1n) is 12.9. The smallest absolute Gasteiger partial charge is 0.250 e. The van der Waals surface area contributed by atoms with Crippen molar-refractivity contribution in [2.75, 3.05) is 23.4 Å². The minimum atomic E-state index is -1.55. The van der Waals surface area contributed by atoms with Gasteiger partial charge in [-0.3, -0.25) is 19.7 Å². The minimum Gasteiger partial charge on any atom is -0.504 e. The van der Waals surface area contributed by atoms with Gasteiger partial charge in [-0.15, -0.1) is 0 Å². The molecule has 2 saturated heterocycles. The fourth-order valence-electron chi connectivity index (χ4n) is 6.54. The summed E-state index contributed by atoms with van der Waals surface area (Å²) in [5.74, 6) is -3.05. The van der Waals surface area contributed by atoms with E-state index in [-0.39, 0.29) is 17.9 Å². The van der Waals surface area contributed by atoms with E-state index in [0.29, 0.717) is 52.2 Å². The summed E-state index contributed by atoms with van der Waals surface area (Å²) in [6.07, 6.45) is 0.201. The number of ether oxygens (including phenoxy) is 2. The number of phenols is 2. The number of aryl methyl sites for hydroxylation is 1. The normalized spacial score (nSPS) is 26.3. The van der Waals surface area contributed by atoms with Gasteiger partial charge in [-0.05, 0) is 54.8 Å². The molecule has 4 aliphatic heterocycles. The van der Waals surface area contributed by atoms with Crippen molar-refractivity contribution in [1.29, 1.82) is 0 Å². The van der Waals surface area contributed by atoms with Gasteiger partial charge in [0.05, 0.1) is 28.2 Å². The summed E-state index contributed by atoms with van der Waals surface area (Å²) in [7, 11) is 0. The molecule has 2 fully saturated rings. The van der Waals surface area contributed by atoms with Crippen LogP contribution in [0.15, 0.2) is 48.5 Å². The van der Waals surface area contributed by atoms with E-state index in [9.17, 15) is 24.6 Å². The molecule has 40 heavy (non-hydrogen) atoms. The molecule has 11 heteroatoms. The lowest BCUT2D eigenvalue weighted by Gasteiger charge is -2.30. The fourth-order valence-corrected chi connectivity index (χ4v) is 6.87. The summed E-state index contributed by atoms with van der Waals surface area (Å²) >= 11 is 6.52. The van der Waals surface area contributed by atoms with Crippen molar-refractivity contribution < 1.29 is 34.1 Å². The van der Waals surface area contributed by atoms with Gasteiger partial charge in [-0.1, -0.05) is 23.7 Å². The molecule has 0 aromatic heterocycles. The van der Waals surface area contributed by atoms with Crippen LogP contribution in [0, 0.1) is 18.8 Å². The van der Waals surface area contributed by atoms with Crippen LogP contribution in [0.1, 0.15) is 16.7 Å².